The summed E-state index contributed by atoms with van der Waals surface area (Å²) >= 11 is 0. The highest BCUT2D eigenvalue weighted by molar-refractivity contribution is 5.03. The van der Waals surface area contributed by atoms with Crippen molar-refractivity contribution in [1.82, 2.24) is 9.88 Å². The number of likely N-dealkylation sites (N-methyl/N-ethyl adjacent to an activating group) is 1. The SMILES string of the molecule is CN(CCCCCCN)CCc1ccccn1. The molecule has 0 fully saturated rings. The van der Waals surface area contributed by atoms with Gasteiger partial charge in [-0.25, -0.2) is 0 Å². The van der Waals surface area contributed by atoms with Crippen molar-refractivity contribution in [3.05, 3.63) is 30.1 Å². The first-order valence-corrected chi connectivity index (χ1v) is 6.61. The fourth-order valence-corrected chi connectivity index (χ4v) is 1.84. The number of nitrogens with zero attached hydrogens (tertiary/aromatic N) is 2. The molecule has 0 bridgehead atoms. The lowest BCUT2D eigenvalue weighted by Gasteiger charge is -2.15. The van der Waals surface area contributed by atoms with Crippen LogP contribution in [0.5, 0.6) is 0 Å². The third-order valence-corrected chi connectivity index (χ3v) is 2.97. The molecule has 0 amide bonds. The Balaban J connectivity index is 2.03. The molecule has 1 rings (SSSR count). The first kappa shape index (κ1) is 14.1. The van der Waals surface area contributed by atoms with Crippen LogP contribution in [0.4, 0.5) is 0 Å². The second-order valence-electron chi connectivity index (χ2n) is 4.58. The normalized spacial score (nSPS) is 11.0. The van der Waals surface area contributed by atoms with Crippen molar-refractivity contribution >= 4 is 0 Å². The van der Waals surface area contributed by atoms with Gasteiger partial charge in [-0.15, -0.1) is 0 Å². The smallest absolute Gasteiger partial charge is 0.0416 e. The maximum Gasteiger partial charge on any atom is 0.0416 e. The molecule has 0 saturated heterocycles. The number of rotatable bonds is 9. The molecule has 17 heavy (non-hydrogen) atoms. The Morgan fingerprint density at radius 2 is 1.94 bits per heavy atom. The van der Waals surface area contributed by atoms with Crippen molar-refractivity contribution < 1.29 is 0 Å². The van der Waals surface area contributed by atoms with Gasteiger partial charge in [-0.2, -0.15) is 0 Å². The minimum absolute atomic E-state index is 0.829. The van der Waals surface area contributed by atoms with Crippen molar-refractivity contribution in [1.29, 1.82) is 0 Å². The summed E-state index contributed by atoms with van der Waals surface area (Å²) in [5, 5.41) is 0. The maximum absolute atomic E-state index is 5.47. The standard InChI is InChI=1S/C14H25N3/c1-17(12-7-3-2-5-10-15)13-9-14-8-4-6-11-16-14/h4,6,8,11H,2-3,5,7,9-10,12-13,15H2,1H3. The average Bonchev–Trinajstić information content (AvgIpc) is 2.37. The number of nitrogens with two attached hydrogens (primary N) is 1. The van der Waals surface area contributed by atoms with E-state index in [1.165, 1.54) is 31.5 Å². The molecule has 0 aliphatic carbocycles. The molecule has 3 nitrogen and oxygen atoms in total. The van der Waals surface area contributed by atoms with Crippen LogP contribution >= 0.6 is 0 Å². The van der Waals surface area contributed by atoms with Crippen molar-refractivity contribution in [3.8, 4) is 0 Å². The van der Waals surface area contributed by atoms with Gasteiger partial charge < -0.3 is 10.6 Å². The van der Waals surface area contributed by atoms with E-state index in [2.05, 4.69) is 29.1 Å². The Kier molecular flexibility index (Phi) is 7.60. The summed E-state index contributed by atoms with van der Waals surface area (Å²) in [7, 11) is 2.19. The predicted octanol–water partition coefficient (Wildman–Crippen LogP) is 2.07. The molecule has 0 atom stereocenters. The zero-order chi connectivity index (χ0) is 12.3. The average molecular weight is 235 g/mol. The van der Waals surface area contributed by atoms with Gasteiger partial charge in [-0.3, -0.25) is 4.98 Å². The number of hydrogen-bond donors (Lipinski definition) is 1. The van der Waals surface area contributed by atoms with Crippen LogP contribution in [0.2, 0.25) is 0 Å². The zero-order valence-corrected chi connectivity index (χ0v) is 10.9. The van der Waals surface area contributed by atoms with Gasteiger partial charge in [0.1, 0.15) is 0 Å². The summed E-state index contributed by atoms with van der Waals surface area (Å²) in [4.78, 5) is 6.72. The molecule has 0 aliphatic rings. The minimum Gasteiger partial charge on any atom is -0.330 e. The lowest BCUT2D eigenvalue weighted by molar-refractivity contribution is 0.327. The van der Waals surface area contributed by atoms with Crippen LogP contribution in [0.3, 0.4) is 0 Å². The highest BCUT2D eigenvalue weighted by Crippen LogP contribution is 2.01. The van der Waals surface area contributed by atoms with Crippen LogP contribution in [-0.2, 0) is 6.42 Å². The molecular weight excluding hydrogens is 210 g/mol. The predicted molar refractivity (Wildman–Crippen MR) is 73.0 cm³/mol. The Labute approximate surface area is 105 Å². The van der Waals surface area contributed by atoms with Crippen LogP contribution < -0.4 is 5.73 Å². The molecule has 2 N–H and O–H groups in total. The van der Waals surface area contributed by atoms with Crippen molar-refractivity contribution in [2.45, 2.75) is 32.1 Å². The Hall–Kier alpha value is -0.930. The zero-order valence-electron chi connectivity index (χ0n) is 10.9. The maximum atomic E-state index is 5.47. The Bertz CT molecular complexity index is 274. The van der Waals surface area contributed by atoms with Crippen LogP contribution in [0.25, 0.3) is 0 Å². The molecular formula is C14H25N3. The number of hydrogen-bond acceptors (Lipinski definition) is 3. The molecule has 0 unspecified atom stereocenters. The van der Waals surface area contributed by atoms with E-state index in [1.54, 1.807) is 0 Å². The summed E-state index contributed by atoms with van der Waals surface area (Å²) in [6.07, 6.45) is 7.91. The summed E-state index contributed by atoms with van der Waals surface area (Å²) in [6, 6.07) is 6.11. The van der Waals surface area contributed by atoms with Crippen molar-refractivity contribution in [2.24, 2.45) is 5.73 Å². The second kappa shape index (κ2) is 9.14. The summed E-state index contributed by atoms with van der Waals surface area (Å²) in [6.45, 7) is 3.10. The molecule has 1 heterocycles. The van der Waals surface area contributed by atoms with Gasteiger partial charge in [-0.1, -0.05) is 18.9 Å². The van der Waals surface area contributed by atoms with Gasteiger partial charge in [0, 0.05) is 24.9 Å². The van der Waals surface area contributed by atoms with Crippen LogP contribution in [0.15, 0.2) is 24.4 Å². The Morgan fingerprint density at radius 3 is 2.65 bits per heavy atom. The highest BCUT2D eigenvalue weighted by atomic mass is 15.1. The van der Waals surface area contributed by atoms with Crippen molar-refractivity contribution in [3.63, 3.8) is 0 Å². The number of aromatic nitrogens is 1. The molecule has 0 aliphatic heterocycles. The van der Waals surface area contributed by atoms with E-state index in [1.807, 2.05) is 12.3 Å². The molecule has 0 aromatic carbocycles. The van der Waals surface area contributed by atoms with Gasteiger partial charge in [0.05, 0.1) is 0 Å². The second-order valence-corrected chi connectivity index (χ2v) is 4.58. The fourth-order valence-electron chi connectivity index (χ4n) is 1.84. The summed E-state index contributed by atoms with van der Waals surface area (Å²) < 4.78 is 0. The van der Waals surface area contributed by atoms with Gasteiger partial charge >= 0.3 is 0 Å². The van der Waals surface area contributed by atoms with E-state index in [0.29, 0.717) is 0 Å². The molecule has 0 radical (unpaired) electrons. The number of pyridine rings is 1. The lowest BCUT2D eigenvalue weighted by Crippen LogP contribution is -2.22. The fraction of sp³-hybridized carbons (Fsp3) is 0.643. The third-order valence-electron chi connectivity index (χ3n) is 2.97. The molecule has 3 heteroatoms. The van der Waals surface area contributed by atoms with E-state index in [0.717, 1.165) is 25.9 Å². The van der Waals surface area contributed by atoms with Crippen LogP contribution in [0.1, 0.15) is 31.4 Å². The van der Waals surface area contributed by atoms with Crippen LogP contribution in [0, 0.1) is 0 Å². The monoisotopic (exact) mass is 235 g/mol. The topological polar surface area (TPSA) is 42.1 Å². The van der Waals surface area contributed by atoms with Gasteiger partial charge in [-0.05, 0) is 45.1 Å². The van der Waals surface area contributed by atoms with Crippen LogP contribution in [-0.4, -0.2) is 36.6 Å². The third kappa shape index (κ3) is 7.08. The van der Waals surface area contributed by atoms with E-state index in [9.17, 15) is 0 Å². The quantitative estimate of drug-likeness (QED) is 0.666. The van der Waals surface area contributed by atoms with Gasteiger partial charge in [0.15, 0.2) is 0 Å². The Morgan fingerprint density at radius 1 is 1.12 bits per heavy atom. The van der Waals surface area contributed by atoms with E-state index < -0.39 is 0 Å². The van der Waals surface area contributed by atoms with E-state index in [-0.39, 0.29) is 0 Å². The van der Waals surface area contributed by atoms with Gasteiger partial charge in [0.2, 0.25) is 0 Å². The first-order chi connectivity index (χ1) is 8.33. The van der Waals surface area contributed by atoms with E-state index in [4.69, 9.17) is 5.73 Å². The largest absolute Gasteiger partial charge is 0.330 e. The van der Waals surface area contributed by atoms with Gasteiger partial charge in [0.25, 0.3) is 0 Å². The highest BCUT2D eigenvalue weighted by Gasteiger charge is 1.99. The number of unbranched alkanes of at least 4 members (excludes halogenated alkanes) is 3. The first-order valence-electron chi connectivity index (χ1n) is 6.61. The molecule has 0 spiro atoms. The molecule has 0 saturated carbocycles. The minimum atomic E-state index is 0.829. The summed E-state index contributed by atoms with van der Waals surface area (Å²) in [5.41, 5.74) is 6.65. The van der Waals surface area contributed by atoms with Crippen molar-refractivity contribution in [2.75, 3.05) is 26.7 Å². The van der Waals surface area contributed by atoms with E-state index >= 15 is 0 Å². The molecule has 1 aromatic heterocycles. The summed E-state index contributed by atoms with van der Waals surface area (Å²) in [5.74, 6) is 0. The molecule has 1 aromatic rings. The molecule has 96 valence electrons. The lowest BCUT2D eigenvalue weighted by atomic mass is 10.2.